The van der Waals surface area contributed by atoms with Crippen molar-refractivity contribution < 1.29 is 0 Å². The maximum atomic E-state index is 2.53. The summed E-state index contributed by atoms with van der Waals surface area (Å²) in [6, 6.07) is 56.5. The summed E-state index contributed by atoms with van der Waals surface area (Å²) in [5.41, 5.74) is 9.04. The minimum atomic E-state index is 1.19. The Labute approximate surface area is 259 Å². The molecule has 1 aliphatic carbocycles. The Kier molecular flexibility index (Phi) is 4.38. The van der Waals surface area contributed by atoms with Crippen LogP contribution < -0.4 is 0 Å². The summed E-state index contributed by atoms with van der Waals surface area (Å²) in [5, 5.41) is 15.6. The van der Waals surface area contributed by atoms with Crippen molar-refractivity contribution in [2.24, 2.45) is 0 Å². The van der Waals surface area contributed by atoms with Crippen molar-refractivity contribution in [3.8, 4) is 27.9 Å². The highest BCUT2D eigenvalue weighted by Gasteiger charge is 2.25. The predicted molar refractivity (Wildman–Crippen MR) is 193 cm³/mol. The molecule has 1 nitrogen and oxygen atoms in total. The Bertz CT molecular complexity index is 2890. The molecule has 0 bridgehead atoms. The molecule has 0 radical (unpaired) electrons. The lowest BCUT2D eigenvalue weighted by Crippen LogP contribution is -1.95. The molecule has 9 aromatic carbocycles. The van der Waals surface area contributed by atoms with Crippen molar-refractivity contribution in [1.82, 2.24) is 4.57 Å². The minimum absolute atomic E-state index is 1.19. The molecule has 1 aliphatic rings. The number of aromatic nitrogens is 1. The lowest BCUT2D eigenvalue weighted by atomic mass is 9.94. The summed E-state index contributed by atoms with van der Waals surface area (Å²) in [7, 11) is 0. The van der Waals surface area contributed by atoms with Crippen LogP contribution in [0.15, 0.2) is 152 Å². The Hall–Kier alpha value is -5.92. The number of rotatable bonds is 1. The van der Waals surface area contributed by atoms with E-state index in [0.717, 1.165) is 0 Å². The van der Waals surface area contributed by atoms with E-state index in [1.165, 1.54) is 104 Å². The van der Waals surface area contributed by atoms with Gasteiger partial charge in [-0.25, -0.2) is 0 Å². The zero-order chi connectivity index (χ0) is 29.2. The van der Waals surface area contributed by atoms with E-state index in [1.807, 2.05) is 0 Å². The van der Waals surface area contributed by atoms with Gasteiger partial charge in [0.25, 0.3) is 0 Å². The molecule has 10 aromatic rings. The van der Waals surface area contributed by atoms with E-state index in [0.29, 0.717) is 0 Å². The highest BCUT2D eigenvalue weighted by Crippen LogP contribution is 2.51. The molecule has 1 aromatic heterocycles. The third kappa shape index (κ3) is 2.98. The van der Waals surface area contributed by atoms with Gasteiger partial charge >= 0.3 is 0 Å². The molecule has 206 valence electrons. The van der Waals surface area contributed by atoms with Crippen LogP contribution >= 0.6 is 0 Å². The van der Waals surface area contributed by atoms with Gasteiger partial charge in [-0.05, 0) is 101 Å². The first-order valence-electron chi connectivity index (χ1n) is 15.7. The predicted octanol–water partition coefficient (Wildman–Crippen LogP) is 12.2. The smallest absolute Gasteiger partial charge is 0.0620 e. The number of nitrogens with zero attached hydrogens (tertiary/aromatic N) is 1. The first-order valence-corrected chi connectivity index (χ1v) is 15.7. The van der Waals surface area contributed by atoms with Crippen molar-refractivity contribution >= 4 is 75.7 Å². The summed E-state index contributed by atoms with van der Waals surface area (Å²) in [6.45, 7) is 0. The zero-order valence-electron chi connectivity index (χ0n) is 24.4. The van der Waals surface area contributed by atoms with Crippen LogP contribution in [0.4, 0.5) is 0 Å². The normalized spacial score (nSPS) is 12.4. The van der Waals surface area contributed by atoms with E-state index in [1.54, 1.807) is 0 Å². The first-order chi connectivity index (χ1) is 22.3. The monoisotopic (exact) mass is 567 g/mol. The standard InChI is InChI=1S/C44H25N/c1-2-11-27-23-42-39(22-26(27)10-1)41-25-40-34-17-8-6-15-32(34)36-18-9-19-37(43(36)40)44(41)45(42)28-20-21-35-31-14-4-3-12-29(31)30-13-5-7-16-33(30)38(35)24-28/h1-25H. The number of benzene rings is 9. The zero-order valence-corrected chi connectivity index (χ0v) is 24.4. The van der Waals surface area contributed by atoms with Crippen LogP contribution in [0, 0.1) is 0 Å². The van der Waals surface area contributed by atoms with Crippen LogP contribution in [0.2, 0.25) is 0 Å². The third-order valence-corrected chi connectivity index (χ3v) is 10.2. The highest BCUT2D eigenvalue weighted by molar-refractivity contribution is 6.29. The van der Waals surface area contributed by atoms with Crippen LogP contribution in [0.5, 0.6) is 0 Å². The van der Waals surface area contributed by atoms with E-state index >= 15 is 0 Å². The minimum Gasteiger partial charge on any atom is -0.309 e. The van der Waals surface area contributed by atoms with Crippen molar-refractivity contribution in [2.45, 2.75) is 0 Å². The van der Waals surface area contributed by atoms with E-state index < -0.39 is 0 Å². The summed E-state index contributed by atoms with van der Waals surface area (Å²) in [4.78, 5) is 0. The second-order valence-electron chi connectivity index (χ2n) is 12.5. The summed E-state index contributed by atoms with van der Waals surface area (Å²) in [5.74, 6) is 0. The molecule has 0 unspecified atom stereocenters. The number of fused-ring (bicyclic) bond motifs is 14. The van der Waals surface area contributed by atoms with E-state index in [9.17, 15) is 0 Å². The van der Waals surface area contributed by atoms with Crippen LogP contribution in [0.1, 0.15) is 0 Å². The Morgan fingerprint density at radius 2 is 0.867 bits per heavy atom. The van der Waals surface area contributed by atoms with Gasteiger partial charge in [0.2, 0.25) is 0 Å². The molecular weight excluding hydrogens is 542 g/mol. The van der Waals surface area contributed by atoms with Crippen LogP contribution in [0.25, 0.3) is 104 Å². The Balaban J connectivity index is 1.35. The summed E-state index contributed by atoms with van der Waals surface area (Å²) >= 11 is 0. The molecule has 0 aliphatic heterocycles. The summed E-state index contributed by atoms with van der Waals surface area (Å²) in [6.07, 6.45) is 0. The van der Waals surface area contributed by atoms with Crippen molar-refractivity contribution in [3.05, 3.63) is 152 Å². The largest absolute Gasteiger partial charge is 0.309 e. The van der Waals surface area contributed by atoms with Gasteiger partial charge in [-0.15, -0.1) is 0 Å². The average Bonchev–Trinajstić information content (AvgIpc) is 3.60. The van der Waals surface area contributed by atoms with Crippen molar-refractivity contribution in [2.75, 3.05) is 0 Å². The molecule has 45 heavy (non-hydrogen) atoms. The van der Waals surface area contributed by atoms with Gasteiger partial charge in [0.05, 0.1) is 11.0 Å². The Morgan fingerprint density at radius 3 is 1.60 bits per heavy atom. The van der Waals surface area contributed by atoms with Crippen LogP contribution in [-0.2, 0) is 0 Å². The maximum absolute atomic E-state index is 2.53. The lowest BCUT2D eigenvalue weighted by Gasteiger charge is -2.15. The fourth-order valence-electron chi connectivity index (χ4n) is 8.36. The lowest BCUT2D eigenvalue weighted by molar-refractivity contribution is 1.19. The molecule has 0 amide bonds. The Morgan fingerprint density at radius 1 is 0.311 bits per heavy atom. The molecule has 1 heterocycles. The first kappa shape index (κ1) is 23.5. The quantitative estimate of drug-likeness (QED) is 0.174. The SMILES string of the molecule is c1ccc2c(c1)-c1cccc3c1c-2cc1c2cc4ccccc4cc2n(-c2ccc4c5ccccc5c5ccccc5c4c2)c31. The average molecular weight is 568 g/mol. The fourth-order valence-corrected chi connectivity index (χ4v) is 8.36. The molecule has 0 saturated heterocycles. The van der Waals surface area contributed by atoms with Gasteiger partial charge in [0.15, 0.2) is 0 Å². The topological polar surface area (TPSA) is 4.93 Å². The van der Waals surface area contributed by atoms with Crippen molar-refractivity contribution in [3.63, 3.8) is 0 Å². The van der Waals surface area contributed by atoms with Gasteiger partial charge in [-0.1, -0.05) is 121 Å². The molecule has 11 rings (SSSR count). The highest BCUT2D eigenvalue weighted by atomic mass is 15.0. The third-order valence-electron chi connectivity index (χ3n) is 10.2. The summed E-state index contributed by atoms with van der Waals surface area (Å²) < 4.78 is 2.53. The van der Waals surface area contributed by atoms with Gasteiger partial charge in [-0.3, -0.25) is 0 Å². The number of hydrogen-bond donors (Lipinski definition) is 0. The van der Waals surface area contributed by atoms with Gasteiger partial charge in [0.1, 0.15) is 0 Å². The molecule has 1 heteroatoms. The van der Waals surface area contributed by atoms with E-state index in [4.69, 9.17) is 0 Å². The van der Waals surface area contributed by atoms with Crippen molar-refractivity contribution in [1.29, 1.82) is 0 Å². The van der Waals surface area contributed by atoms with Gasteiger partial charge in [0, 0.05) is 21.8 Å². The molecule has 0 spiro atoms. The van der Waals surface area contributed by atoms with Crippen LogP contribution in [-0.4, -0.2) is 4.57 Å². The number of hydrogen-bond acceptors (Lipinski definition) is 0. The molecule has 0 atom stereocenters. The second kappa shape index (κ2) is 8.37. The fraction of sp³-hybridized carbons (Fsp3) is 0. The molecular formula is C44H25N. The molecule has 0 fully saturated rings. The van der Waals surface area contributed by atoms with E-state index in [-0.39, 0.29) is 0 Å². The van der Waals surface area contributed by atoms with E-state index in [2.05, 4.69) is 156 Å². The second-order valence-corrected chi connectivity index (χ2v) is 12.5. The van der Waals surface area contributed by atoms with Gasteiger partial charge < -0.3 is 4.57 Å². The van der Waals surface area contributed by atoms with Gasteiger partial charge in [-0.2, -0.15) is 0 Å². The molecule has 0 N–H and O–H groups in total. The molecule has 0 saturated carbocycles. The maximum Gasteiger partial charge on any atom is 0.0620 e. The van der Waals surface area contributed by atoms with Crippen LogP contribution in [0.3, 0.4) is 0 Å².